The number of aliphatic hydroxyl groups is 1. The lowest BCUT2D eigenvalue weighted by Crippen LogP contribution is -2.44. The van der Waals surface area contributed by atoms with Gasteiger partial charge in [0.05, 0.1) is 35.6 Å². The van der Waals surface area contributed by atoms with Gasteiger partial charge in [-0.2, -0.15) is 0 Å². The van der Waals surface area contributed by atoms with Gasteiger partial charge in [0.15, 0.2) is 5.60 Å². The smallest absolute Gasteiger partial charge is 0.343 e. The van der Waals surface area contributed by atoms with Crippen LogP contribution in [0.15, 0.2) is 23.0 Å². The van der Waals surface area contributed by atoms with Crippen molar-refractivity contribution >= 4 is 22.8 Å². The van der Waals surface area contributed by atoms with E-state index in [1.165, 1.54) is 6.07 Å². The summed E-state index contributed by atoms with van der Waals surface area (Å²) < 4.78 is 21.3. The van der Waals surface area contributed by atoms with E-state index in [4.69, 9.17) is 15.5 Å². The number of fused-ring (bicyclic) bond motifs is 5. The molecule has 0 saturated carbocycles. The fourth-order valence-electron chi connectivity index (χ4n) is 5.41. The van der Waals surface area contributed by atoms with Gasteiger partial charge in [0.25, 0.3) is 5.56 Å². The van der Waals surface area contributed by atoms with E-state index in [9.17, 15) is 23.9 Å². The number of rotatable bonds is 6. The zero-order chi connectivity index (χ0) is 26.6. The maximum atomic E-state index is 14.6. The molecular weight excluding hydrogens is 479 g/mol. The molecule has 1 atom stereocenters. The Balaban J connectivity index is 1.73. The van der Waals surface area contributed by atoms with E-state index >= 15 is 0 Å². The van der Waals surface area contributed by atoms with E-state index in [1.807, 2.05) is 6.92 Å². The van der Waals surface area contributed by atoms with Crippen molar-refractivity contribution in [2.24, 2.45) is 5.73 Å². The van der Waals surface area contributed by atoms with Crippen LogP contribution >= 0.6 is 0 Å². The third-order valence-electron chi connectivity index (χ3n) is 7.63. The first-order valence-electron chi connectivity index (χ1n) is 12.4. The first-order chi connectivity index (χ1) is 17.6. The summed E-state index contributed by atoms with van der Waals surface area (Å²) in [5.41, 5.74) is 7.24. The summed E-state index contributed by atoms with van der Waals surface area (Å²) in [7, 11) is 0. The molecule has 1 aromatic carbocycles. The molecule has 0 aliphatic carbocycles. The van der Waals surface area contributed by atoms with Crippen LogP contribution < -0.4 is 11.3 Å². The summed E-state index contributed by atoms with van der Waals surface area (Å²) >= 11 is 0. The fourth-order valence-corrected chi connectivity index (χ4v) is 5.41. The minimum Gasteiger partial charge on any atom is -0.458 e. The van der Waals surface area contributed by atoms with Crippen molar-refractivity contribution in [2.45, 2.75) is 52.4 Å². The van der Waals surface area contributed by atoms with Crippen LogP contribution in [0.1, 0.15) is 48.1 Å². The van der Waals surface area contributed by atoms with E-state index in [0.29, 0.717) is 42.0 Å². The molecule has 9 nitrogen and oxygen atoms in total. The molecule has 3 N–H and O–H groups in total. The second-order valence-corrected chi connectivity index (χ2v) is 9.57. The average molecular weight is 509 g/mol. The Morgan fingerprint density at radius 3 is 2.70 bits per heavy atom. The molecule has 1 amide bonds. The molecule has 5 rings (SSSR count). The van der Waals surface area contributed by atoms with Crippen molar-refractivity contribution in [3.05, 3.63) is 62.2 Å². The monoisotopic (exact) mass is 508 g/mol. The molecular formula is C27H29FN4O5. The van der Waals surface area contributed by atoms with Crippen molar-refractivity contribution < 1.29 is 23.8 Å². The Bertz CT molecular complexity index is 1530. The normalized spacial score (nSPS) is 17.8. The number of cyclic esters (lactones) is 1. The number of carbonyl (C=O) groups is 2. The Morgan fingerprint density at radius 1 is 1.27 bits per heavy atom. The number of likely N-dealkylation sites (N-methyl/N-ethyl adjacent to an activating group) is 1. The summed E-state index contributed by atoms with van der Waals surface area (Å²) in [6.07, 6.45) is 0.493. The van der Waals surface area contributed by atoms with Gasteiger partial charge in [-0.3, -0.25) is 9.59 Å². The molecule has 10 heteroatoms. The zero-order valence-corrected chi connectivity index (χ0v) is 21.1. The molecule has 2 aliphatic rings. The number of ether oxygens (including phenoxy) is 1. The number of esters is 1. The number of hydrogen-bond acceptors (Lipinski definition) is 7. The average Bonchev–Trinajstić information content (AvgIpc) is 3.25. The molecule has 4 heterocycles. The van der Waals surface area contributed by atoms with E-state index in [2.05, 4.69) is 0 Å². The minimum atomic E-state index is -1.93. The molecule has 0 fully saturated rings. The van der Waals surface area contributed by atoms with Gasteiger partial charge in [-0.25, -0.2) is 14.2 Å². The van der Waals surface area contributed by atoms with Gasteiger partial charge >= 0.3 is 5.97 Å². The lowest BCUT2D eigenvalue weighted by atomic mass is 9.86. The van der Waals surface area contributed by atoms with E-state index in [-0.39, 0.29) is 48.7 Å². The maximum absolute atomic E-state index is 14.6. The lowest BCUT2D eigenvalue weighted by molar-refractivity contribution is -0.172. The fraction of sp³-hybridized carbons (Fsp3) is 0.407. The highest BCUT2D eigenvalue weighted by Crippen LogP contribution is 2.40. The second-order valence-electron chi connectivity index (χ2n) is 9.57. The van der Waals surface area contributed by atoms with Crippen LogP contribution in [0.2, 0.25) is 0 Å². The van der Waals surface area contributed by atoms with Crippen LogP contribution in [-0.4, -0.2) is 51.1 Å². The number of amides is 1. The number of aryl methyl sites for hydroxylation is 1. The molecule has 0 saturated heterocycles. The molecule has 37 heavy (non-hydrogen) atoms. The SMILES string of the molecule is CCN(CCc1c2c(nc3cc(F)c(C)cc13)-c1cc3c(c(=O)n1C2)COC(=O)[C@]3(O)CC)C(=O)CN. The third kappa shape index (κ3) is 3.74. The minimum absolute atomic E-state index is 0.0392. The van der Waals surface area contributed by atoms with E-state index in [0.717, 1.165) is 16.5 Å². The number of benzene rings is 1. The predicted molar refractivity (Wildman–Crippen MR) is 134 cm³/mol. The van der Waals surface area contributed by atoms with Crippen LogP contribution in [0, 0.1) is 12.7 Å². The van der Waals surface area contributed by atoms with Crippen molar-refractivity contribution in [3.63, 3.8) is 0 Å². The van der Waals surface area contributed by atoms with Crippen LogP contribution in [0.4, 0.5) is 4.39 Å². The number of pyridine rings is 2. The van der Waals surface area contributed by atoms with E-state index in [1.54, 1.807) is 35.4 Å². The van der Waals surface area contributed by atoms with Crippen molar-refractivity contribution in [3.8, 4) is 11.4 Å². The largest absolute Gasteiger partial charge is 0.458 e. The molecule has 0 radical (unpaired) electrons. The Morgan fingerprint density at radius 2 is 2.03 bits per heavy atom. The Labute approximate surface area is 212 Å². The molecule has 3 aromatic rings. The summed E-state index contributed by atoms with van der Waals surface area (Å²) in [6, 6.07) is 4.75. The molecule has 2 aliphatic heterocycles. The quantitative estimate of drug-likeness (QED) is 0.381. The molecule has 0 spiro atoms. The highest BCUT2D eigenvalue weighted by Gasteiger charge is 2.45. The van der Waals surface area contributed by atoms with Crippen LogP contribution in [0.3, 0.4) is 0 Å². The van der Waals surface area contributed by atoms with E-state index < -0.39 is 17.4 Å². The number of carbonyl (C=O) groups excluding carboxylic acids is 2. The highest BCUT2D eigenvalue weighted by molar-refractivity contribution is 5.89. The van der Waals surface area contributed by atoms with Crippen LogP contribution in [0.25, 0.3) is 22.3 Å². The van der Waals surface area contributed by atoms with Crippen molar-refractivity contribution in [1.82, 2.24) is 14.5 Å². The zero-order valence-electron chi connectivity index (χ0n) is 21.1. The summed E-state index contributed by atoms with van der Waals surface area (Å²) in [5, 5.41) is 11.9. The summed E-state index contributed by atoms with van der Waals surface area (Å²) in [6.45, 7) is 6.00. The van der Waals surface area contributed by atoms with Gasteiger partial charge in [-0.05, 0) is 49.9 Å². The van der Waals surface area contributed by atoms with Gasteiger partial charge in [-0.15, -0.1) is 0 Å². The summed E-state index contributed by atoms with van der Waals surface area (Å²) in [4.78, 5) is 44.7. The van der Waals surface area contributed by atoms with Crippen molar-refractivity contribution in [2.75, 3.05) is 19.6 Å². The van der Waals surface area contributed by atoms with Gasteiger partial charge in [0.1, 0.15) is 12.4 Å². The number of aromatic nitrogens is 2. The number of halogens is 1. The Hall–Kier alpha value is -3.63. The van der Waals surface area contributed by atoms with Gasteiger partial charge in [-0.1, -0.05) is 6.92 Å². The standard InChI is InChI=1S/C27H29FN4O5/c1-4-27(36)19-9-22-24-17(12-32(22)25(34)18(19)13-37-26(27)35)15(6-7-31(5-2)23(33)11-29)16-8-14(3)20(28)10-21(16)30-24/h8-10,36H,4-7,11-13,29H2,1-3H3/t27-/m0/s1. The number of hydrogen-bond donors (Lipinski definition) is 2. The predicted octanol–water partition coefficient (Wildman–Crippen LogP) is 1.88. The summed E-state index contributed by atoms with van der Waals surface area (Å²) in [5.74, 6) is -1.36. The molecule has 194 valence electrons. The van der Waals surface area contributed by atoms with Gasteiger partial charge < -0.3 is 25.0 Å². The molecule has 0 unspecified atom stereocenters. The molecule has 2 aromatic heterocycles. The topological polar surface area (TPSA) is 128 Å². The van der Waals surface area contributed by atoms with Crippen molar-refractivity contribution in [1.29, 1.82) is 0 Å². The maximum Gasteiger partial charge on any atom is 0.343 e. The van der Waals surface area contributed by atoms with Gasteiger partial charge in [0, 0.05) is 35.7 Å². The first-order valence-corrected chi connectivity index (χ1v) is 12.4. The number of nitrogens with two attached hydrogens (primary N) is 1. The van der Waals surface area contributed by atoms with Crippen LogP contribution in [0.5, 0.6) is 0 Å². The third-order valence-corrected chi connectivity index (χ3v) is 7.63. The highest BCUT2D eigenvalue weighted by atomic mass is 19.1. The number of nitrogens with zero attached hydrogens (tertiary/aromatic N) is 3. The second kappa shape index (κ2) is 9.04. The van der Waals surface area contributed by atoms with Crippen LogP contribution in [-0.2, 0) is 39.5 Å². The first kappa shape index (κ1) is 25.0. The Kier molecular flexibility index (Phi) is 6.12. The van der Waals surface area contributed by atoms with Gasteiger partial charge in [0.2, 0.25) is 5.91 Å². The molecule has 0 bridgehead atoms. The lowest BCUT2D eigenvalue weighted by Gasteiger charge is -2.31.